The summed E-state index contributed by atoms with van der Waals surface area (Å²) in [6, 6.07) is 0.176. The summed E-state index contributed by atoms with van der Waals surface area (Å²) in [6.45, 7) is 2.18. The van der Waals surface area contributed by atoms with Crippen LogP contribution >= 0.6 is 39.0 Å². The van der Waals surface area contributed by atoms with Crippen LogP contribution in [0.3, 0.4) is 0 Å². The largest absolute Gasteiger partial charge is 0.395 e. The number of nitrogens with zero attached hydrogens (tertiary/aromatic N) is 2. The summed E-state index contributed by atoms with van der Waals surface area (Å²) in [7, 11) is 0. The van der Waals surface area contributed by atoms with Crippen LogP contribution in [0.15, 0.2) is 3.92 Å². The minimum absolute atomic E-state index is 0.162. The van der Waals surface area contributed by atoms with E-state index in [1.807, 2.05) is 13.2 Å². The van der Waals surface area contributed by atoms with Gasteiger partial charge in [0.05, 0.1) is 6.61 Å². The van der Waals surface area contributed by atoms with Crippen LogP contribution in [0.1, 0.15) is 6.92 Å². The third-order valence-corrected chi connectivity index (χ3v) is 4.24. The van der Waals surface area contributed by atoms with E-state index in [1.54, 1.807) is 11.8 Å². The van der Waals surface area contributed by atoms with Crippen molar-refractivity contribution < 1.29 is 5.11 Å². The number of aliphatic hydroxyl groups is 1. The number of anilines is 1. The second-order valence-corrected chi connectivity index (χ2v) is 6.08. The fraction of sp³-hybridized carbons (Fsp3) is 0.714. The molecule has 0 spiro atoms. The molecular weight excluding hydrogens is 286 g/mol. The topological polar surface area (TPSA) is 58.0 Å². The Labute approximate surface area is 99.6 Å². The highest BCUT2D eigenvalue weighted by Crippen LogP contribution is 2.22. The first kappa shape index (κ1) is 12.2. The lowest BCUT2D eigenvalue weighted by molar-refractivity contribution is 0.288. The lowest BCUT2D eigenvalue weighted by atomic mass is 10.2. The minimum atomic E-state index is 0.162. The van der Waals surface area contributed by atoms with Gasteiger partial charge in [0.15, 0.2) is 3.92 Å². The maximum atomic E-state index is 9.08. The first-order valence-electron chi connectivity index (χ1n) is 4.06. The summed E-state index contributed by atoms with van der Waals surface area (Å²) in [5.74, 6) is 0. The van der Waals surface area contributed by atoms with Crippen LogP contribution in [-0.2, 0) is 0 Å². The van der Waals surface area contributed by atoms with Crippen LogP contribution in [-0.4, -0.2) is 39.5 Å². The van der Waals surface area contributed by atoms with Gasteiger partial charge in [0, 0.05) is 11.3 Å². The summed E-state index contributed by atoms with van der Waals surface area (Å²) >= 11 is 6.33. The van der Waals surface area contributed by atoms with Gasteiger partial charge in [0.25, 0.3) is 0 Å². The van der Waals surface area contributed by atoms with Gasteiger partial charge in [0.1, 0.15) is 0 Å². The van der Waals surface area contributed by atoms with Gasteiger partial charge >= 0.3 is 0 Å². The molecule has 0 aliphatic heterocycles. The summed E-state index contributed by atoms with van der Waals surface area (Å²) < 4.78 is 0.761. The van der Waals surface area contributed by atoms with E-state index >= 15 is 0 Å². The number of aliphatic hydroxyl groups excluding tert-OH is 1. The van der Waals surface area contributed by atoms with Crippen LogP contribution in [0.2, 0.25) is 0 Å². The first-order chi connectivity index (χ1) is 6.67. The summed E-state index contributed by atoms with van der Waals surface area (Å²) in [4.78, 5) is 0. The van der Waals surface area contributed by atoms with Gasteiger partial charge in [-0.25, -0.2) is 0 Å². The fourth-order valence-electron chi connectivity index (χ4n) is 0.988. The van der Waals surface area contributed by atoms with Gasteiger partial charge in [-0.15, -0.1) is 10.2 Å². The number of hydrogen-bond acceptors (Lipinski definition) is 6. The third-order valence-electron chi connectivity index (χ3n) is 1.79. The molecular formula is C7H12BrN3OS2. The second kappa shape index (κ2) is 5.89. The van der Waals surface area contributed by atoms with Crippen molar-refractivity contribution in [3.63, 3.8) is 0 Å². The SMILES string of the molecule is CSC(CO)C(C)Nc1nnc(Br)s1. The molecule has 0 aliphatic carbocycles. The summed E-state index contributed by atoms with van der Waals surface area (Å²) in [6.07, 6.45) is 1.98. The molecule has 1 heterocycles. The Hall–Kier alpha value is 0.150. The predicted molar refractivity (Wildman–Crippen MR) is 65.1 cm³/mol. The van der Waals surface area contributed by atoms with Crippen LogP contribution in [0.4, 0.5) is 5.13 Å². The molecule has 2 unspecified atom stereocenters. The molecule has 0 bridgehead atoms. The van der Waals surface area contributed by atoms with E-state index in [9.17, 15) is 0 Å². The highest BCUT2D eigenvalue weighted by molar-refractivity contribution is 9.11. The quantitative estimate of drug-likeness (QED) is 0.868. The lowest BCUT2D eigenvalue weighted by Gasteiger charge is -2.20. The fourth-order valence-corrected chi connectivity index (χ4v) is 2.72. The lowest BCUT2D eigenvalue weighted by Crippen LogP contribution is -2.30. The molecule has 1 aromatic heterocycles. The summed E-state index contributed by atoms with van der Waals surface area (Å²) in [5.41, 5.74) is 0. The zero-order chi connectivity index (χ0) is 10.6. The number of halogens is 1. The predicted octanol–water partition coefficient (Wildman–Crippen LogP) is 1.82. The Morgan fingerprint density at radius 1 is 1.64 bits per heavy atom. The smallest absolute Gasteiger partial charge is 0.206 e. The van der Waals surface area contributed by atoms with Crippen LogP contribution in [0, 0.1) is 0 Å². The van der Waals surface area contributed by atoms with Gasteiger partial charge < -0.3 is 10.4 Å². The Balaban J connectivity index is 2.51. The summed E-state index contributed by atoms with van der Waals surface area (Å²) in [5, 5.41) is 21.0. The van der Waals surface area contributed by atoms with Crippen molar-refractivity contribution in [1.82, 2.24) is 10.2 Å². The van der Waals surface area contributed by atoms with E-state index in [4.69, 9.17) is 5.11 Å². The molecule has 0 fully saturated rings. The van der Waals surface area contributed by atoms with E-state index in [0.717, 1.165) is 9.05 Å². The minimum Gasteiger partial charge on any atom is -0.395 e. The van der Waals surface area contributed by atoms with Crippen LogP contribution in [0.25, 0.3) is 0 Å². The molecule has 0 saturated heterocycles. The van der Waals surface area contributed by atoms with Crippen molar-refractivity contribution in [1.29, 1.82) is 0 Å². The molecule has 0 aliphatic rings. The standard InChI is InChI=1S/C7H12BrN3OS2/c1-4(5(3-12)13-2)9-7-11-10-6(8)14-7/h4-5,12H,3H2,1-2H3,(H,9,11). The molecule has 4 nitrogen and oxygen atoms in total. The molecule has 14 heavy (non-hydrogen) atoms. The van der Waals surface area contributed by atoms with E-state index in [2.05, 4.69) is 31.4 Å². The zero-order valence-corrected chi connectivity index (χ0v) is 11.1. The van der Waals surface area contributed by atoms with Gasteiger partial charge in [-0.1, -0.05) is 11.3 Å². The van der Waals surface area contributed by atoms with Gasteiger partial charge in [-0.3, -0.25) is 0 Å². The highest BCUT2D eigenvalue weighted by Gasteiger charge is 2.16. The Morgan fingerprint density at radius 2 is 2.36 bits per heavy atom. The van der Waals surface area contributed by atoms with Gasteiger partial charge in [-0.05, 0) is 29.1 Å². The molecule has 80 valence electrons. The molecule has 1 aromatic rings. The monoisotopic (exact) mass is 297 g/mol. The van der Waals surface area contributed by atoms with Crippen molar-refractivity contribution in [2.45, 2.75) is 18.2 Å². The maximum absolute atomic E-state index is 9.08. The number of nitrogens with one attached hydrogen (secondary N) is 1. The molecule has 2 N–H and O–H groups in total. The van der Waals surface area contributed by atoms with Crippen LogP contribution < -0.4 is 5.32 Å². The highest BCUT2D eigenvalue weighted by atomic mass is 79.9. The van der Waals surface area contributed by atoms with Gasteiger partial charge in [-0.2, -0.15) is 11.8 Å². The first-order valence-corrected chi connectivity index (χ1v) is 6.96. The maximum Gasteiger partial charge on any atom is 0.206 e. The van der Waals surface area contributed by atoms with E-state index in [1.165, 1.54) is 11.3 Å². The van der Waals surface area contributed by atoms with Crippen molar-refractivity contribution in [2.24, 2.45) is 0 Å². The molecule has 0 saturated carbocycles. The van der Waals surface area contributed by atoms with Crippen LogP contribution in [0.5, 0.6) is 0 Å². The average molecular weight is 298 g/mol. The van der Waals surface area contributed by atoms with E-state index in [0.29, 0.717) is 0 Å². The Morgan fingerprint density at radius 3 is 2.79 bits per heavy atom. The molecule has 0 aromatic carbocycles. The normalized spacial score (nSPS) is 15.1. The van der Waals surface area contributed by atoms with Crippen molar-refractivity contribution >= 4 is 44.2 Å². The number of aromatic nitrogens is 2. The molecule has 2 atom stereocenters. The Kier molecular flexibility index (Phi) is 5.14. The molecule has 7 heteroatoms. The number of hydrogen-bond donors (Lipinski definition) is 2. The molecule has 1 rings (SSSR count). The number of thioether (sulfide) groups is 1. The van der Waals surface area contributed by atoms with E-state index < -0.39 is 0 Å². The zero-order valence-electron chi connectivity index (χ0n) is 7.90. The van der Waals surface area contributed by atoms with Crippen molar-refractivity contribution in [3.05, 3.63) is 3.92 Å². The second-order valence-electron chi connectivity index (χ2n) is 2.75. The number of rotatable bonds is 5. The van der Waals surface area contributed by atoms with Crippen molar-refractivity contribution in [2.75, 3.05) is 18.2 Å². The van der Waals surface area contributed by atoms with Gasteiger partial charge in [0.2, 0.25) is 5.13 Å². The Bertz CT molecular complexity index is 280. The average Bonchev–Trinajstić information content (AvgIpc) is 2.53. The van der Waals surface area contributed by atoms with Crippen molar-refractivity contribution in [3.8, 4) is 0 Å². The third kappa shape index (κ3) is 3.38. The molecule has 0 amide bonds. The molecule has 0 radical (unpaired) electrons. The van der Waals surface area contributed by atoms with E-state index in [-0.39, 0.29) is 17.9 Å².